The van der Waals surface area contributed by atoms with E-state index in [4.69, 9.17) is 15.7 Å². The molecule has 2 aromatic rings. The second kappa shape index (κ2) is 4.54. The molecular weight excluding hydrogens is 219 g/mol. The van der Waals surface area contributed by atoms with E-state index in [-0.39, 0.29) is 5.69 Å². The quantitative estimate of drug-likeness (QED) is 0.803. The SMILES string of the molecule is N#Cc1ccc(Oc2ccc(F)c(N)c2)cc1. The van der Waals surface area contributed by atoms with Gasteiger partial charge < -0.3 is 10.5 Å². The highest BCUT2D eigenvalue weighted by Gasteiger charge is 2.02. The minimum atomic E-state index is -0.475. The molecule has 0 saturated heterocycles. The van der Waals surface area contributed by atoms with Crippen molar-refractivity contribution in [2.75, 3.05) is 5.73 Å². The van der Waals surface area contributed by atoms with Crippen LogP contribution >= 0.6 is 0 Å². The van der Waals surface area contributed by atoms with Crippen LogP contribution in [0.25, 0.3) is 0 Å². The van der Waals surface area contributed by atoms with Crippen molar-refractivity contribution in [2.24, 2.45) is 0 Å². The number of nitrogen functional groups attached to an aromatic ring is 1. The smallest absolute Gasteiger partial charge is 0.146 e. The molecule has 0 spiro atoms. The van der Waals surface area contributed by atoms with E-state index in [0.717, 1.165) is 0 Å². The number of benzene rings is 2. The van der Waals surface area contributed by atoms with Gasteiger partial charge in [0.15, 0.2) is 0 Å². The molecule has 2 aromatic carbocycles. The maximum atomic E-state index is 12.9. The molecule has 84 valence electrons. The predicted octanol–water partition coefficient (Wildman–Crippen LogP) is 3.07. The molecule has 0 aliphatic heterocycles. The minimum absolute atomic E-state index is 0.0381. The van der Waals surface area contributed by atoms with Crippen LogP contribution in [-0.4, -0.2) is 0 Å². The summed E-state index contributed by atoms with van der Waals surface area (Å²) < 4.78 is 18.4. The molecule has 0 heterocycles. The molecule has 2 N–H and O–H groups in total. The van der Waals surface area contributed by atoms with Gasteiger partial charge in [0.25, 0.3) is 0 Å². The van der Waals surface area contributed by atoms with Crippen LogP contribution < -0.4 is 10.5 Å². The van der Waals surface area contributed by atoms with E-state index in [1.165, 1.54) is 18.2 Å². The Morgan fingerprint density at radius 2 is 1.71 bits per heavy atom. The first-order chi connectivity index (χ1) is 8.19. The Labute approximate surface area is 97.9 Å². The van der Waals surface area contributed by atoms with Gasteiger partial charge in [0, 0.05) is 6.07 Å². The van der Waals surface area contributed by atoms with Crippen molar-refractivity contribution in [3.05, 3.63) is 53.8 Å². The highest BCUT2D eigenvalue weighted by atomic mass is 19.1. The first kappa shape index (κ1) is 11.0. The van der Waals surface area contributed by atoms with Crippen LogP contribution in [0.3, 0.4) is 0 Å². The zero-order valence-corrected chi connectivity index (χ0v) is 8.85. The van der Waals surface area contributed by atoms with E-state index in [1.54, 1.807) is 24.3 Å². The van der Waals surface area contributed by atoms with Crippen LogP contribution in [0.5, 0.6) is 11.5 Å². The third-order valence-corrected chi connectivity index (χ3v) is 2.19. The van der Waals surface area contributed by atoms with Crippen molar-refractivity contribution in [1.29, 1.82) is 5.26 Å². The summed E-state index contributed by atoms with van der Waals surface area (Å²) in [5.74, 6) is 0.542. The maximum absolute atomic E-state index is 12.9. The lowest BCUT2D eigenvalue weighted by molar-refractivity contribution is 0.481. The summed E-state index contributed by atoms with van der Waals surface area (Å²) >= 11 is 0. The lowest BCUT2D eigenvalue weighted by Gasteiger charge is -2.06. The topological polar surface area (TPSA) is 59.0 Å². The lowest BCUT2D eigenvalue weighted by atomic mass is 10.2. The molecule has 2 rings (SSSR count). The zero-order chi connectivity index (χ0) is 12.3. The summed E-state index contributed by atoms with van der Waals surface area (Å²) in [6.07, 6.45) is 0. The second-order valence-corrected chi connectivity index (χ2v) is 3.42. The minimum Gasteiger partial charge on any atom is -0.457 e. The number of nitrogens with zero attached hydrogens (tertiary/aromatic N) is 1. The van der Waals surface area contributed by atoms with E-state index < -0.39 is 5.82 Å². The van der Waals surface area contributed by atoms with E-state index in [9.17, 15) is 4.39 Å². The lowest BCUT2D eigenvalue weighted by Crippen LogP contribution is -1.91. The van der Waals surface area contributed by atoms with E-state index in [0.29, 0.717) is 17.1 Å². The monoisotopic (exact) mass is 228 g/mol. The summed E-state index contributed by atoms with van der Waals surface area (Å²) in [6.45, 7) is 0. The predicted molar refractivity (Wildman–Crippen MR) is 62.0 cm³/mol. The highest BCUT2D eigenvalue weighted by molar-refractivity contribution is 5.47. The molecule has 0 aliphatic carbocycles. The Kier molecular flexibility index (Phi) is 2.93. The fourth-order valence-electron chi connectivity index (χ4n) is 1.32. The van der Waals surface area contributed by atoms with Crippen LogP contribution in [0.2, 0.25) is 0 Å². The molecule has 0 saturated carbocycles. The number of ether oxygens (including phenoxy) is 1. The fourth-order valence-corrected chi connectivity index (χ4v) is 1.32. The average Bonchev–Trinajstić information content (AvgIpc) is 2.35. The van der Waals surface area contributed by atoms with E-state index in [1.807, 2.05) is 6.07 Å². The van der Waals surface area contributed by atoms with Gasteiger partial charge in [-0.3, -0.25) is 0 Å². The van der Waals surface area contributed by atoms with Crippen molar-refractivity contribution in [2.45, 2.75) is 0 Å². The molecule has 0 aliphatic rings. The molecule has 3 nitrogen and oxygen atoms in total. The van der Waals surface area contributed by atoms with Crippen LogP contribution in [0.4, 0.5) is 10.1 Å². The van der Waals surface area contributed by atoms with Gasteiger partial charge in [0.2, 0.25) is 0 Å². The number of nitrogens with two attached hydrogens (primary N) is 1. The molecule has 0 atom stereocenters. The number of anilines is 1. The van der Waals surface area contributed by atoms with Crippen molar-refractivity contribution in [3.63, 3.8) is 0 Å². The highest BCUT2D eigenvalue weighted by Crippen LogP contribution is 2.24. The average molecular weight is 228 g/mol. The summed E-state index contributed by atoms with van der Waals surface area (Å²) in [6, 6.07) is 12.8. The number of nitriles is 1. The standard InChI is InChI=1S/C13H9FN2O/c14-12-6-5-11(7-13(12)16)17-10-3-1-9(8-15)2-4-10/h1-7H,16H2. The van der Waals surface area contributed by atoms with Crippen molar-refractivity contribution in [1.82, 2.24) is 0 Å². The van der Waals surface area contributed by atoms with Crippen LogP contribution in [0.1, 0.15) is 5.56 Å². The van der Waals surface area contributed by atoms with Gasteiger partial charge in [-0.1, -0.05) is 0 Å². The molecule has 0 aromatic heterocycles. The normalized spacial score (nSPS) is 9.65. The Hall–Kier alpha value is -2.54. The van der Waals surface area contributed by atoms with Gasteiger partial charge >= 0.3 is 0 Å². The summed E-state index contributed by atoms with van der Waals surface area (Å²) in [5.41, 5.74) is 6.01. The van der Waals surface area contributed by atoms with Gasteiger partial charge in [0.05, 0.1) is 17.3 Å². The number of hydrogen-bond donors (Lipinski definition) is 1. The third-order valence-electron chi connectivity index (χ3n) is 2.19. The molecule has 0 fully saturated rings. The van der Waals surface area contributed by atoms with Crippen molar-refractivity contribution < 1.29 is 9.13 Å². The van der Waals surface area contributed by atoms with Gasteiger partial charge in [-0.25, -0.2) is 4.39 Å². The third kappa shape index (κ3) is 2.52. The zero-order valence-electron chi connectivity index (χ0n) is 8.85. The molecule has 4 heteroatoms. The largest absolute Gasteiger partial charge is 0.457 e. The molecular formula is C13H9FN2O. The Bertz CT molecular complexity index is 573. The van der Waals surface area contributed by atoms with Gasteiger partial charge in [-0.2, -0.15) is 5.26 Å². The summed E-state index contributed by atoms with van der Waals surface area (Å²) in [7, 11) is 0. The van der Waals surface area contributed by atoms with Crippen LogP contribution in [-0.2, 0) is 0 Å². The molecule has 17 heavy (non-hydrogen) atoms. The Morgan fingerprint density at radius 1 is 1.06 bits per heavy atom. The fraction of sp³-hybridized carbons (Fsp3) is 0. The van der Waals surface area contributed by atoms with Gasteiger partial charge in [-0.15, -0.1) is 0 Å². The molecule has 0 unspecified atom stereocenters. The Balaban J connectivity index is 2.20. The van der Waals surface area contributed by atoms with Crippen molar-refractivity contribution in [3.8, 4) is 17.6 Å². The summed E-state index contributed by atoms with van der Waals surface area (Å²) in [4.78, 5) is 0. The summed E-state index contributed by atoms with van der Waals surface area (Å²) in [5, 5.41) is 8.64. The van der Waals surface area contributed by atoms with Gasteiger partial charge in [0.1, 0.15) is 17.3 Å². The number of hydrogen-bond acceptors (Lipinski definition) is 3. The molecule has 0 amide bonds. The van der Waals surface area contributed by atoms with Gasteiger partial charge in [-0.05, 0) is 36.4 Å². The second-order valence-electron chi connectivity index (χ2n) is 3.42. The van der Waals surface area contributed by atoms with E-state index in [2.05, 4.69) is 0 Å². The van der Waals surface area contributed by atoms with Crippen molar-refractivity contribution >= 4 is 5.69 Å². The first-order valence-corrected chi connectivity index (χ1v) is 4.92. The first-order valence-electron chi connectivity index (χ1n) is 4.92. The van der Waals surface area contributed by atoms with E-state index >= 15 is 0 Å². The maximum Gasteiger partial charge on any atom is 0.146 e. The molecule has 0 radical (unpaired) electrons. The number of rotatable bonds is 2. The van der Waals surface area contributed by atoms with Crippen LogP contribution in [0, 0.1) is 17.1 Å². The molecule has 0 bridgehead atoms. The van der Waals surface area contributed by atoms with Crippen LogP contribution in [0.15, 0.2) is 42.5 Å². The Morgan fingerprint density at radius 3 is 2.29 bits per heavy atom. The number of halogens is 1.